The average Bonchev–Trinajstić information content (AvgIpc) is 2.41. The maximum Gasteiger partial charge on any atom is 0.123 e. The van der Waals surface area contributed by atoms with Crippen LogP contribution in [0.15, 0.2) is 24.3 Å². The summed E-state index contributed by atoms with van der Waals surface area (Å²) in [6.07, 6.45) is 3.11. The summed E-state index contributed by atoms with van der Waals surface area (Å²) in [6.45, 7) is 9.33. The smallest absolute Gasteiger partial charge is 0.123 e. The maximum absolute atomic E-state index is 13.0. The summed E-state index contributed by atoms with van der Waals surface area (Å²) >= 11 is 0. The van der Waals surface area contributed by atoms with E-state index in [1.165, 1.54) is 12.1 Å². The fourth-order valence-electron chi connectivity index (χ4n) is 2.55. The zero-order valence-electron chi connectivity index (χ0n) is 12.5. The minimum Gasteiger partial charge on any atom is -0.329 e. The molecule has 1 aromatic rings. The van der Waals surface area contributed by atoms with E-state index in [0.29, 0.717) is 6.54 Å². The molecule has 0 spiro atoms. The van der Waals surface area contributed by atoms with Crippen molar-refractivity contribution in [3.05, 3.63) is 35.6 Å². The lowest BCUT2D eigenvalue weighted by Crippen LogP contribution is -2.53. The van der Waals surface area contributed by atoms with Crippen molar-refractivity contribution >= 4 is 0 Å². The lowest BCUT2D eigenvalue weighted by atomic mass is 9.90. The predicted octanol–water partition coefficient (Wildman–Crippen LogP) is 3.21. The Morgan fingerprint density at radius 3 is 2.05 bits per heavy atom. The Morgan fingerprint density at radius 2 is 1.63 bits per heavy atom. The van der Waals surface area contributed by atoms with Gasteiger partial charge in [0, 0.05) is 12.1 Å². The number of nitrogens with two attached hydrogens (primary N) is 1. The van der Waals surface area contributed by atoms with Crippen molar-refractivity contribution < 1.29 is 4.39 Å². The first kappa shape index (κ1) is 16.1. The summed E-state index contributed by atoms with van der Waals surface area (Å²) in [5.74, 6) is -0.183. The maximum atomic E-state index is 13.0. The summed E-state index contributed by atoms with van der Waals surface area (Å²) in [5.41, 5.74) is 7.12. The second-order valence-electron chi connectivity index (χ2n) is 5.49. The van der Waals surface area contributed by atoms with Crippen LogP contribution in [-0.4, -0.2) is 30.1 Å². The second kappa shape index (κ2) is 7.61. The number of rotatable bonds is 8. The van der Waals surface area contributed by atoms with Crippen molar-refractivity contribution in [2.75, 3.05) is 19.6 Å². The quantitative estimate of drug-likeness (QED) is 0.783. The van der Waals surface area contributed by atoms with E-state index in [4.69, 9.17) is 5.73 Å². The molecule has 1 aromatic carbocycles. The Kier molecular flexibility index (Phi) is 6.46. The summed E-state index contributed by atoms with van der Waals surface area (Å²) in [4.78, 5) is 2.47. The number of hydrogen-bond donors (Lipinski definition) is 1. The minimum atomic E-state index is -0.183. The van der Waals surface area contributed by atoms with E-state index in [1.54, 1.807) is 0 Å². The molecule has 0 saturated carbocycles. The third-order valence-corrected chi connectivity index (χ3v) is 3.69. The fraction of sp³-hybridized carbons (Fsp3) is 0.625. The number of halogens is 1. The first-order chi connectivity index (χ1) is 9.05. The summed E-state index contributed by atoms with van der Waals surface area (Å²) < 4.78 is 13.0. The van der Waals surface area contributed by atoms with Crippen LogP contribution in [0.1, 0.15) is 39.2 Å². The highest BCUT2D eigenvalue weighted by Gasteiger charge is 2.29. The van der Waals surface area contributed by atoms with Crippen LogP contribution in [0.3, 0.4) is 0 Å². The van der Waals surface area contributed by atoms with Gasteiger partial charge >= 0.3 is 0 Å². The molecule has 0 radical (unpaired) electrons. The van der Waals surface area contributed by atoms with E-state index in [-0.39, 0.29) is 11.4 Å². The Hall–Kier alpha value is -0.930. The summed E-state index contributed by atoms with van der Waals surface area (Å²) in [7, 11) is 0. The van der Waals surface area contributed by atoms with Gasteiger partial charge in [0.2, 0.25) is 0 Å². The monoisotopic (exact) mass is 266 g/mol. The van der Waals surface area contributed by atoms with Gasteiger partial charge in [-0.2, -0.15) is 0 Å². The molecule has 0 amide bonds. The molecule has 0 aliphatic rings. The lowest BCUT2D eigenvalue weighted by Gasteiger charge is -2.41. The number of hydrogen-bond acceptors (Lipinski definition) is 2. The van der Waals surface area contributed by atoms with Crippen molar-refractivity contribution in [1.29, 1.82) is 0 Å². The van der Waals surface area contributed by atoms with Crippen LogP contribution in [0.25, 0.3) is 0 Å². The highest BCUT2D eigenvalue weighted by atomic mass is 19.1. The number of benzene rings is 1. The molecule has 0 saturated heterocycles. The van der Waals surface area contributed by atoms with E-state index in [9.17, 15) is 4.39 Å². The molecule has 0 heterocycles. The zero-order valence-corrected chi connectivity index (χ0v) is 12.5. The van der Waals surface area contributed by atoms with Crippen LogP contribution in [0.2, 0.25) is 0 Å². The van der Waals surface area contributed by atoms with Gasteiger partial charge in [0.15, 0.2) is 0 Å². The minimum absolute atomic E-state index is 0.0517. The normalized spacial score (nSPS) is 14.6. The molecule has 0 aliphatic carbocycles. The van der Waals surface area contributed by atoms with Gasteiger partial charge in [-0.3, -0.25) is 4.90 Å². The lowest BCUT2D eigenvalue weighted by molar-refractivity contribution is 0.110. The Balaban J connectivity index is 2.84. The third-order valence-electron chi connectivity index (χ3n) is 3.69. The van der Waals surface area contributed by atoms with Crippen molar-refractivity contribution in [3.8, 4) is 0 Å². The summed E-state index contributed by atoms with van der Waals surface area (Å²) in [6, 6.07) is 6.77. The van der Waals surface area contributed by atoms with Crippen LogP contribution in [0.4, 0.5) is 4.39 Å². The van der Waals surface area contributed by atoms with Gasteiger partial charge < -0.3 is 5.73 Å². The van der Waals surface area contributed by atoms with Crippen molar-refractivity contribution in [1.82, 2.24) is 4.90 Å². The molecule has 2 N–H and O–H groups in total. The van der Waals surface area contributed by atoms with Crippen LogP contribution >= 0.6 is 0 Å². The van der Waals surface area contributed by atoms with E-state index >= 15 is 0 Å². The largest absolute Gasteiger partial charge is 0.329 e. The molecule has 2 nitrogen and oxygen atoms in total. The van der Waals surface area contributed by atoms with Crippen LogP contribution < -0.4 is 5.73 Å². The van der Waals surface area contributed by atoms with E-state index < -0.39 is 0 Å². The van der Waals surface area contributed by atoms with Gasteiger partial charge in [-0.05, 0) is 57.0 Å². The molecule has 0 fully saturated rings. The van der Waals surface area contributed by atoms with Crippen LogP contribution in [0.5, 0.6) is 0 Å². The molecule has 1 rings (SSSR count). The Morgan fingerprint density at radius 1 is 1.11 bits per heavy atom. The van der Waals surface area contributed by atoms with Gasteiger partial charge in [0.1, 0.15) is 5.82 Å². The SMILES string of the molecule is CCCN(CCC)C(C)(CN)Cc1ccc(F)cc1. The highest BCUT2D eigenvalue weighted by Crippen LogP contribution is 2.21. The molecule has 1 unspecified atom stereocenters. The third kappa shape index (κ3) is 4.59. The van der Waals surface area contributed by atoms with Gasteiger partial charge in [0.25, 0.3) is 0 Å². The molecule has 0 bridgehead atoms. The molecule has 0 aliphatic heterocycles. The van der Waals surface area contributed by atoms with Gasteiger partial charge in [0.05, 0.1) is 0 Å². The molecule has 3 heteroatoms. The predicted molar refractivity (Wildman–Crippen MR) is 79.7 cm³/mol. The van der Waals surface area contributed by atoms with E-state index in [0.717, 1.165) is 37.9 Å². The standard InChI is InChI=1S/C16H27FN2/c1-4-10-19(11-5-2)16(3,13-18)12-14-6-8-15(17)9-7-14/h6-9H,4-5,10-13,18H2,1-3H3. The van der Waals surface area contributed by atoms with Gasteiger partial charge in [-0.1, -0.05) is 26.0 Å². The second-order valence-corrected chi connectivity index (χ2v) is 5.49. The van der Waals surface area contributed by atoms with Crippen molar-refractivity contribution in [2.45, 2.75) is 45.6 Å². The average molecular weight is 266 g/mol. The van der Waals surface area contributed by atoms with Gasteiger partial charge in [-0.25, -0.2) is 4.39 Å². The van der Waals surface area contributed by atoms with Crippen LogP contribution in [-0.2, 0) is 6.42 Å². The Labute approximate surface area is 116 Å². The van der Waals surface area contributed by atoms with Gasteiger partial charge in [-0.15, -0.1) is 0 Å². The topological polar surface area (TPSA) is 29.3 Å². The van der Waals surface area contributed by atoms with Crippen molar-refractivity contribution in [2.24, 2.45) is 5.73 Å². The molecular formula is C16H27FN2. The molecular weight excluding hydrogens is 239 g/mol. The molecule has 19 heavy (non-hydrogen) atoms. The molecule has 1 atom stereocenters. The van der Waals surface area contributed by atoms with E-state index in [1.807, 2.05) is 12.1 Å². The first-order valence-corrected chi connectivity index (χ1v) is 7.25. The first-order valence-electron chi connectivity index (χ1n) is 7.25. The highest BCUT2D eigenvalue weighted by molar-refractivity contribution is 5.19. The molecule has 108 valence electrons. The fourth-order valence-corrected chi connectivity index (χ4v) is 2.55. The van der Waals surface area contributed by atoms with E-state index in [2.05, 4.69) is 25.7 Å². The van der Waals surface area contributed by atoms with Crippen molar-refractivity contribution in [3.63, 3.8) is 0 Å². The number of nitrogens with zero attached hydrogens (tertiary/aromatic N) is 1. The summed E-state index contributed by atoms with van der Waals surface area (Å²) in [5, 5.41) is 0. The zero-order chi connectivity index (χ0) is 14.3. The molecule has 0 aromatic heterocycles. The Bertz CT molecular complexity index is 358. The van der Waals surface area contributed by atoms with Crippen LogP contribution in [0, 0.1) is 5.82 Å².